The zero-order chi connectivity index (χ0) is 15.4. The number of amides is 1. The minimum absolute atomic E-state index is 0.141. The van der Waals surface area contributed by atoms with Crippen LogP contribution < -0.4 is 14.8 Å². The molecule has 0 spiro atoms. The number of halogens is 1. The molecule has 1 heterocycles. The molecule has 3 rings (SSSR count). The van der Waals surface area contributed by atoms with Gasteiger partial charge in [-0.1, -0.05) is 24.3 Å². The van der Waals surface area contributed by atoms with E-state index in [9.17, 15) is 9.18 Å². The van der Waals surface area contributed by atoms with E-state index in [0.717, 1.165) is 0 Å². The molecule has 0 aromatic heterocycles. The Morgan fingerprint density at radius 2 is 2.00 bits per heavy atom. The van der Waals surface area contributed by atoms with Crippen molar-refractivity contribution in [1.82, 2.24) is 5.32 Å². The first-order valence-corrected chi connectivity index (χ1v) is 7.10. The Balaban J connectivity index is 1.50. The Morgan fingerprint density at radius 3 is 2.82 bits per heavy atom. The van der Waals surface area contributed by atoms with E-state index in [1.54, 1.807) is 12.1 Å². The summed E-state index contributed by atoms with van der Waals surface area (Å²) >= 11 is 0. The fraction of sp³-hybridized carbons (Fsp3) is 0.235. The molecule has 1 aliphatic rings. The van der Waals surface area contributed by atoms with E-state index in [0.29, 0.717) is 30.2 Å². The van der Waals surface area contributed by atoms with Gasteiger partial charge in [-0.05, 0) is 29.8 Å². The smallest absolute Gasteiger partial charge is 0.224 e. The van der Waals surface area contributed by atoms with Crippen LogP contribution in [0, 0.1) is 5.82 Å². The summed E-state index contributed by atoms with van der Waals surface area (Å²) in [6.07, 6.45) is -0.0894. The number of ether oxygens (including phenoxy) is 2. The topological polar surface area (TPSA) is 47.6 Å². The van der Waals surface area contributed by atoms with Gasteiger partial charge in [-0.2, -0.15) is 0 Å². The molecule has 0 saturated heterocycles. The largest absolute Gasteiger partial charge is 0.486 e. The quantitative estimate of drug-likeness (QED) is 0.943. The number of carbonyl (C=O) groups excluding carboxylic acids is 1. The second-order valence-corrected chi connectivity index (χ2v) is 5.11. The Kier molecular flexibility index (Phi) is 4.23. The zero-order valence-corrected chi connectivity index (χ0v) is 11.9. The van der Waals surface area contributed by atoms with Crippen molar-refractivity contribution in [1.29, 1.82) is 0 Å². The Hall–Kier alpha value is -2.56. The van der Waals surface area contributed by atoms with Gasteiger partial charge < -0.3 is 14.8 Å². The van der Waals surface area contributed by atoms with Crippen molar-refractivity contribution >= 4 is 5.91 Å². The second kappa shape index (κ2) is 6.47. The molecule has 0 aliphatic carbocycles. The summed E-state index contributed by atoms with van der Waals surface area (Å²) in [7, 11) is 0. The van der Waals surface area contributed by atoms with Gasteiger partial charge in [-0.3, -0.25) is 4.79 Å². The molecule has 0 radical (unpaired) electrons. The van der Waals surface area contributed by atoms with Gasteiger partial charge in [0.2, 0.25) is 5.91 Å². The lowest BCUT2D eigenvalue weighted by atomic mass is 10.1. The summed E-state index contributed by atoms with van der Waals surface area (Å²) in [5.74, 6) is 0.877. The van der Waals surface area contributed by atoms with Crippen LogP contribution in [0.4, 0.5) is 4.39 Å². The van der Waals surface area contributed by atoms with E-state index in [-0.39, 0.29) is 24.2 Å². The standard InChI is InChI=1S/C17H16FNO3/c18-13-5-3-4-12(8-13)9-17(20)19-10-14-11-21-15-6-1-2-7-16(15)22-14/h1-8,14H,9-11H2,(H,19,20)/t14-/m1/s1. The van der Waals surface area contributed by atoms with Gasteiger partial charge >= 0.3 is 0 Å². The molecule has 2 aromatic rings. The molecule has 114 valence electrons. The Bertz CT molecular complexity index is 674. The SMILES string of the molecule is O=C(Cc1cccc(F)c1)NC[C@@H]1COc2ccccc2O1. The minimum atomic E-state index is -0.342. The number of rotatable bonds is 4. The molecule has 4 nitrogen and oxygen atoms in total. The molecule has 1 aliphatic heterocycles. The van der Waals surface area contributed by atoms with Crippen molar-refractivity contribution in [2.24, 2.45) is 0 Å². The van der Waals surface area contributed by atoms with Gasteiger partial charge in [0, 0.05) is 0 Å². The number of fused-ring (bicyclic) bond motifs is 1. The molecule has 0 saturated carbocycles. The molecule has 1 atom stereocenters. The van der Waals surface area contributed by atoms with Crippen molar-refractivity contribution in [2.75, 3.05) is 13.2 Å². The highest BCUT2D eigenvalue weighted by Crippen LogP contribution is 2.30. The van der Waals surface area contributed by atoms with Crippen LogP contribution in [0.5, 0.6) is 11.5 Å². The lowest BCUT2D eigenvalue weighted by Crippen LogP contribution is -2.41. The average Bonchev–Trinajstić information content (AvgIpc) is 2.53. The van der Waals surface area contributed by atoms with Crippen molar-refractivity contribution in [2.45, 2.75) is 12.5 Å². The second-order valence-electron chi connectivity index (χ2n) is 5.11. The molecule has 0 fully saturated rings. The number of carbonyl (C=O) groups is 1. The van der Waals surface area contributed by atoms with Gasteiger partial charge in [0.25, 0.3) is 0 Å². The summed E-state index contributed by atoms with van der Waals surface area (Å²) in [6, 6.07) is 13.4. The number of para-hydroxylation sites is 2. The molecular weight excluding hydrogens is 285 g/mol. The highest BCUT2D eigenvalue weighted by Gasteiger charge is 2.20. The molecule has 5 heteroatoms. The summed E-state index contributed by atoms with van der Waals surface area (Å²) in [5.41, 5.74) is 0.642. The fourth-order valence-corrected chi connectivity index (χ4v) is 2.29. The first-order valence-electron chi connectivity index (χ1n) is 7.10. The van der Waals surface area contributed by atoms with Crippen molar-refractivity contribution in [3.05, 3.63) is 59.9 Å². The van der Waals surface area contributed by atoms with E-state index in [2.05, 4.69) is 5.32 Å². The van der Waals surface area contributed by atoms with E-state index in [4.69, 9.17) is 9.47 Å². The normalized spacial score (nSPS) is 16.1. The van der Waals surface area contributed by atoms with Crippen LogP contribution in [-0.4, -0.2) is 25.2 Å². The summed E-state index contributed by atoms with van der Waals surface area (Å²) in [6.45, 7) is 0.736. The van der Waals surface area contributed by atoms with Gasteiger partial charge in [0.1, 0.15) is 18.5 Å². The van der Waals surface area contributed by atoms with Crippen LogP contribution in [0.3, 0.4) is 0 Å². The fourth-order valence-electron chi connectivity index (χ4n) is 2.29. The molecule has 2 aromatic carbocycles. The summed E-state index contributed by atoms with van der Waals surface area (Å²) < 4.78 is 24.4. The van der Waals surface area contributed by atoms with Crippen molar-refractivity contribution in [3.8, 4) is 11.5 Å². The maximum Gasteiger partial charge on any atom is 0.224 e. The van der Waals surface area contributed by atoms with Crippen molar-refractivity contribution in [3.63, 3.8) is 0 Å². The molecule has 0 unspecified atom stereocenters. The number of hydrogen-bond acceptors (Lipinski definition) is 3. The van der Waals surface area contributed by atoms with E-state index < -0.39 is 0 Å². The maximum atomic E-state index is 13.1. The minimum Gasteiger partial charge on any atom is -0.486 e. The summed E-state index contributed by atoms with van der Waals surface area (Å²) in [5, 5.41) is 2.78. The van der Waals surface area contributed by atoms with Crippen molar-refractivity contribution < 1.29 is 18.7 Å². The number of benzene rings is 2. The highest BCUT2D eigenvalue weighted by atomic mass is 19.1. The Morgan fingerprint density at radius 1 is 1.18 bits per heavy atom. The molecular formula is C17H16FNO3. The van der Waals surface area contributed by atoms with Crippen LogP contribution in [0.25, 0.3) is 0 Å². The molecule has 0 bridgehead atoms. The predicted molar refractivity (Wildman–Crippen MR) is 79.5 cm³/mol. The predicted octanol–water partition coefficient (Wildman–Crippen LogP) is 2.32. The van der Waals surface area contributed by atoms with E-state index in [1.165, 1.54) is 12.1 Å². The zero-order valence-electron chi connectivity index (χ0n) is 11.9. The first-order chi connectivity index (χ1) is 10.7. The average molecular weight is 301 g/mol. The third-order valence-corrected chi connectivity index (χ3v) is 3.35. The maximum absolute atomic E-state index is 13.1. The number of hydrogen-bond donors (Lipinski definition) is 1. The third kappa shape index (κ3) is 3.55. The van der Waals surface area contributed by atoms with Crippen LogP contribution in [0.1, 0.15) is 5.56 Å². The molecule has 1 N–H and O–H groups in total. The van der Waals surface area contributed by atoms with E-state index in [1.807, 2.05) is 24.3 Å². The highest BCUT2D eigenvalue weighted by molar-refractivity contribution is 5.78. The third-order valence-electron chi connectivity index (χ3n) is 3.35. The van der Waals surface area contributed by atoms with Crippen LogP contribution in [0.2, 0.25) is 0 Å². The van der Waals surface area contributed by atoms with Crippen LogP contribution in [0.15, 0.2) is 48.5 Å². The Labute approximate surface area is 127 Å². The monoisotopic (exact) mass is 301 g/mol. The number of nitrogens with one attached hydrogen (secondary N) is 1. The van der Waals surface area contributed by atoms with Crippen LogP contribution >= 0.6 is 0 Å². The van der Waals surface area contributed by atoms with Gasteiger partial charge in [-0.15, -0.1) is 0 Å². The van der Waals surface area contributed by atoms with Gasteiger partial charge in [0.05, 0.1) is 13.0 Å². The molecule has 22 heavy (non-hydrogen) atoms. The first kappa shape index (κ1) is 14.4. The van der Waals surface area contributed by atoms with E-state index >= 15 is 0 Å². The van der Waals surface area contributed by atoms with Gasteiger partial charge in [-0.25, -0.2) is 4.39 Å². The molecule has 1 amide bonds. The lowest BCUT2D eigenvalue weighted by Gasteiger charge is -2.26. The lowest BCUT2D eigenvalue weighted by molar-refractivity contribution is -0.120. The summed E-state index contributed by atoms with van der Waals surface area (Å²) in [4.78, 5) is 11.9. The van der Waals surface area contributed by atoms with Gasteiger partial charge in [0.15, 0.2) is 11.5 Å². The van der Waals surface area contributed by atoms with Crippen LogP contribution in [-0.2, 0) is 11.2 Å².